The normalized spacial score (nSPS) is 16.4. The summed E-state index contributed by atoms with van der Waals surface area (Å²) < 4.78 is 0. The average molecular weight is 541 g/mol. The van der Waals surface area contributed by atoms with Crippen LogP contribution in [0.25, 0.3) is 0 Å². The number of halogens is 1. The lowest BCUT2D eigenvalue weighted by Crippen LogP contribution is -2.44. The maximum atomic E-state index is 12.8. The molecule has 3 aromatic rings. The maximum absolute atomic E-state index is 12.8. The van der Waals surface area contributed by atoms with Crippen LogP contribution in [0.1, 0.15) is 40.2 Å². The molecule has 5 rings (SSSR count). The van der Waals surface area contributed by atoms with E-state index in [-0.39, 0.29) is 11.8 Å². The minimum absolute atomic E-state index is 0.112. The van der Waals surface area contributed by atoms with Gasteiger partial charge in [0.15, 0.2) is 0 Å². The summed E-state index contributed by atoms with van der Waals surface area (Å²) in [5, 5.41) is 3.66. The van der Waals surface area contributed by atoms with Crippen LogP contribution in [0.2, 0.25) is 5.02 Å². The van der Waals surface area contributed by atoms with Crippen LogP contribution in [0.15, 0.2) is 72.8 Å². The van der Waals surface area contributed by atoms with Gasteiger partial charge in [0.25, 0.3) is 11.8 Å². The van der Waals surface area contributed by atoms with E-state index >= 15 is 0 Å². The number of benzene rings is 3. The number of likely N-dealkylation sites (N-methyl/N-ethyl adjacent to an activating group) is 1. The molecule has 0 aliphatic carbocycles. The number of hydrogen-bond acceptors (Lipinski definition) is 4. The number of piperidine rings is 1. The number of anilines is 2. The number of amides is 2. The Balaban J connectivity index is 1.10. The topological polar surface area (TPSA) is 55.9 Å². The molecule has 0 atom stereocenters. The minimum Gasteiger partial charge on any atom is -0.369 e. The summed E-state index contributed by atoms with van der Waals surface area (Å²) in [7, 11) is 2.14. The van der Waals surface area contributed by atoms with Crippen LogP contribution in [0, 0.1) is 11.8 Å². The standard InChI is InChI=1S/C32H33ClN4O2/c1-35-20-22-36(23-21-35)30-13-7-27(8-14-30)32(39)34-29-11-5-25(6-12-29)26-16-18-37(19-17-26)31(38)15-4-24-2-9-28(33)10-3-24/h2-3,5-14,26H,16-23H2,1H3,(H,34,39). The van der Waals surface area contributed by atoms with E-state index in [2.05, 4.69) is 46.1 Å². The predicted octanol–water partition coefficient (Wildman–Crippen LogP) is 5.10. The molecule has 7 heteroatoms. The molecule has 0 saturated carbocycles. The molecule has 0 aromatic heterocycles. The number of likely N-dealkylation sites (tertiary alicyclic amines) is 1. The van der Waals surface area contributed by atoms with Gasteiger partial charge in [-0.1, -0.05) is 29.7 Å². The smallest absolute Gasteiger partial charge is 0.298 e. The highest BCUT2D eigenvalue weighted by molar-refractivity contribution is 6.30. The van der Waals surface area contributed by atoms with Crippen molar-refractivity contribution in [3.63, 3.8) is 0 Å². The van der Waals surface area contributed by atoms with Crippen molar-refractivity contribution in [1.82, 2.24) is 9.80 Å². The molecule has 0 unspecified atom stereocenters. The highest BCUT2D eigenvalue weighted by Crippen LogP contribution is 2.29. The van der Waals surface area contributed by atoms with Crippen molar-refractivity contribution in [3.05, 3.63) is 94.5 Å². The Kier molecular flexibility index (Phi) is 8.51. The fourth-order valence-corrected chi connectivity index (χ4v) is 5.21. The summed E-state index contributed by atoms with van der Waals surface area (Å²) in [6, 6.07) is 23.1. The number of carbonyl (C=O) groups is 2. The molecule has 2 aliphatic heterocycles. The van der Waals surface area contributed by atoms with Gasteiger partial charge in [0.2, 0.25) is 0 Å². The fraction of sp³-hybridized carbons (Fsp3) is 0.312. The highest BCUT2D eigenvalue weighted by Gasteiger charge is 2.23. The van der Waals surface area contributed by atoms with Crippen molar-refractivity contribution >= 4 is 34.8 Å². The number of carbonyl (C=O) groups excluding carboxylic acids is 2. The SMILES string of the molecule is CN1CCN(c2ccc(C(=O)Nc3ccc(C4CCN(C(=O)C#Cc5ccc(Cl)cc5)CC4)cc3)cc2)CC1. The molecular formula is C32H33ClN4O2. The van der Waals surface area contributed by atoms with E-state index in [0.29, 0.717) is 29.6 Å². The lowest BCUT2D eigenvalue weighted by Gasteiger charge is -2.34. The summed E-state index contributed by atoms with van der Waals surface area (Å²) in [6.07, 6.45) is 1.78. The Labute approximate surface area is 235 Å². The Hall–Kier alpha value is -3.79. The lowest BCUT2D eigenvalue weighted by molar-refractivity contribution is -0.126. The van der Waals surface area contributed by atoms with Gasteiger partial charge in [0.05, 0.1) is 0 Å². The zero-order chi connectivity index (χ0) is 27.2. The van der Waals surface area contributed by atoms with Crippen LogP contribution < -0.4 is 10.2 Å². The number of piperazine rings is 1. The average Bonchev–Trinajstić information content (AvgIpc) is 2.98. The zero-order valence-electron chi connectivity index (χ0n) is 22.2. The third-order valence-electron chi connectivity index (χ3n) is 7.58. The van der Waals surface area contributed by atoms with E-state index in [9.17, 15) is 9.59 Å². The van der Waals surface area contributed by atoms with Gasteiger partial charge < -0.3 is 20.0 Å². The third kappa shape index (κ3) is 7.00. The predicted molar refractivity (Wildman–Crippen MR) is 157 cm³/mol. The number of nitrogens with zero attached hydrogens (tertiary/aromatic N) is 3. The van der Waals surface area contributed by atoms with Gasteiger partial charge >= 0.3 is 0 Å². The zero-order valence-corrected chi connectivity index (χ0v) is 23.0. The first-order chi connectivity index (χ1) is 18.9. The van der Waals surface area contributed by atoms with E-state index in [0.717, 1.165) is 56.0 Å². The van der Waals surface area contributed by atoms with Gasteiger partial charge in [-0.05, 0) is 92.0 Å². The molecule has 39 heavy (non-hydrogen) atoms. The van der Waals surface area contributed by atoms with Crippen molar-refractivity contribution in [1.29, 1.82) is 0 Å². The molecule has 0 radical (unpaired) electrons. The van der Waals surface area contributed by atoms with Crippen molar-refractivity contribution in [2.45, 2.75) is 18.8 Å². The molecule has 2 aliphatic rings. The first kappa shape index (κ1) is 26.8. The van der Waals surface area contributed by atoms with E-state index in [1.165, 1.54) is 5.56 Å². The molecule has 2 fully saturated rings. The quantitative estimate of drug-likeness (QED) is 0.468. The maximum Gasteiger partial charge on any atom is 0.298 e. The number of rotatable bonds is 4. The Morgan fingerprint density at radius 1 is 0.821 bits per heavy atom. The Bertz CT molecular complexity index is 1340. The highest BCUT2D eigenvalue weighted by atomic mass is 35.5. The van der Waals surface area contributed by atoms with Crippen LogP contribution in [0.3, 0.4) is 0 Å². The van der Waals surface area contributed by atoms with Crippen LogP contribution in [-0.2, 0) is 4.79 Å². The van der Waals surface area contributed by atoms with E-state index in [1.54, 1.807) is 12.1 Å². The van der Waals surface area contributed by atoms with Gasteiger partial charge in [0, 0.05) is 72.7 Å². The summed E-state index contributed by atoms with van der Waals surface area (Å²) in [5.74, 6) is 5.81. The molecule has 1 N–H and O–H groups in total. The van der Waals surface area contributed by atoms with Gasteiger partial charge in [-0.3, -0.25) is 9.59 Å². The van der Waals surface area contributed by atoms with Crippen LogP contribution in [0.5, 0.6) is 0 Å². The molecule has 3 aromatic carbocycles. The molecule has 6 nitrogen and oxygen atoms in total. The second-order valence-electron chi connectivity index (χ2n) is 10.2. The molecule has 2 amide bonds. The first-order valence-corrected chi connectivity index (χ1v) is 13.8. The van der Waals surface area contributed by atoms with E-state index in [4.69, 9.17) is 11.6 Å². The van der Waals surface area contributed by atoms with Crippen molar-refractivity contribution < 1.29 is 9.59 Å². The number of nitrogens with one attached hydrogen (secondary N) is 1. The van der Waals surface area contributed by atoms with Gasteiger partial charge in [-0.2, -0.15) is 0 Å². The summed E-state index contributed by atoms with van der Waals surface area (Å²) in [4.78, 5) is 31.8. The van der Waals surface area contributed by atoms with Gasteiger partial charge in [-0.15, -0.1) is 0 Å². The molecule has 2 saturated heterocycles. The number of hydrogen-bond donors (Lipinski definition) is 1. The summed E-state index contributed by atoms with van der Waals surface area (Å²) in [5.41, 5.74) is 4.58. The molecule has 2 heterocycles. The van der Waals surface area contributed by atoms with E-state index < -0.39 is 0 Å². The van der Waals surface area contributed by atoms with Crippen LogP contribution >= 0.6 is 11.6 Å². The summed E-state index contributed by atoms with van der Waals surface area (Å²) >= 11 is 5.90. The van der Waals surface area contributed by atoms with Crippen LogP contribution in [-0.4, -0.2) is 67.9 Å². The second-order valence-corrected chi connectivity index (χ2v) is 10.7. The monoisotopic (exact) mass is 540 g/mol. The third-order valence-corrected chi connectivity index (χ3v) is 7.83. The van der Waals surface area contributed by atoms with Gasteiger partial charge in [-0.25, -0.2) is 0 Å². The Morgan fingerprint density at radius 3 is 2.10 bits per heavy atom. The minimum atomic E-state index is -0.141. The second kappa shape index (κ2) is 12.4. The van der Waals surface area contributed by atoms with Crippen LogP contribution in [0.4, 0.5) is 11.4 Å². The van der Waals surface area contributed by atoms with Crippen molar-refractivity contribution in [2.24, 2.45) is 0 Å². The molecule has 200 valence electrons. The Morgan fingerprint density at radius 2 is 1.46 bits per heavy atom. The fourth-order valence-electron chi connectivity index (χ4n) is 5.08. The molecule has 0 spiro atoms. The van der Waals surface area contributed by atoms with Crippen molar-refractivity contribution in [3.8, 4) is 11.8 Å². The lowest BCUT2D eigenvalue weighted by atomic mass is 9.89. The molecular weight excluding hydrogens is 508 g/mol. The molecule has 0 bridgehead atoms. The van der Waals surface area contributed by atoms with E-state index in [1.807, 2.05) is 53.4 Å². The summed E-state index contributed by atoms with van der Waals surface area (Å²) in [6.45, 7) is 5.47. The van der Waals surface area contributed by atoms with Crippen molar-refractivity contribution in [2.75, 3.05) is 56.5 Å². The largest absolute Gasteiger partial charge is 0.369 e. The first-order valence-electron chi connectivity index (χ1n) is 13.5. The van der Waals surface area contributed by atoms with Gasteiger partial charge in [0.1, 0.15) is 0 Å².